The molecule has 2 atom stereocenters. The fraction of sp³-hybridized carbons (Fsp3) is 0.316. The summed E-state index contributed by atoms with van der Waals surface area (Å²) in [5, 5.41) is 0. The molecule has 0 aliphatic carbocycles. The van der Waals surface area contributed by atoms with Crippen molar-refractivity contribution in [3.8, 4) is 11.5 Å². The van der Waals surface area contributed by atoms with Crippen LogP contribution in [0.3, 0.4) is 0 Å². The van der Waals surface area contributed by atoms with Crippen LogP contribution in [0.15, 0.2) is 36.4 Å². The third-order valence-electron chi connectivity index (χ3n) is 4.37. The molecule has 0 spiro atoms. The second kappa shape index (κ2) is 5.95. The number of fused-ring (bicyclic) bond motifs is 1. The van der Waals surface area contributed by atoms with E-state index in [1.54, 1.807) is 7.11 Å². The van der Waals surface area contributed by atoms with Gasteiger partial charge in [0.1, 0.15) is 6.10 Å². The van der Waals surface area contributed by atoms with E-state index in [4.69, 9.17) is 14.2 Å². The average molecular weight is 312 g/mol. The van der Waals surface area contributed by atoms with E-state index in [1.807, 2.05) is 43.3 Å². The maximum atomic E-state index is 12.3. The number of benzene rings is 2. The molecule has 0 bridgehead atoms. The second-order valence-electron chi connectivity index (χ2n) is 5.74. The van der Waals surface area contributed by atoms with Crippen LogP contribution >= 0.6 is 0 Å². The molecule has 0 amide bonds. The molecular formula is C19H20O4. The summed E-state index contributed by atoms with van der Waals surface area (Å²) in [6.07, 6.45) is -0.148. The van der Waals surface area contributed by atoms with Crippen LogP contribution in [-0.2, 0) is 4.74 Å². The van der Waals surface area contributed by atoms with Gasteiger partial charge in [-0.1, -0.05) is 37.3 Å². The van der Waals surface area contributed by atoms with Crippen molar-refractivity contribution in [3.63, 3.8) is 0 Å². The first-order valence-corrected chi connectivity index (χ1v) is 7.59. The lowest BCUT2D eigenvalue weighted by Crippen LogP contribution is -2.11. The summed E-state index contributed by atoms with van der Waals surface area (Å²) in [7, 11) is 3.00. The quantitative estimate of drug-likeness (QED) is 0.803. The Morgan fingerprint density at radius 1 is 1.17 bits per heavy atom. The SMILES string of the molecule is COC(=O)c1c(C)cc(OC)c2c1C(C)[C@H](c1ccccc1)O2. The summed E-state index contributed by atoms with van der Waals surface area (Å²) in [6, 6.07) is 11.8. The minimum Gasteiger partial charge on any atom is -0.493 e. The fourth-order valence-corrected chi connectivity index (χ4v) is 3.25. The molecule has 1 unspecified atom stereocenters. The summed E-state index contributed by atoms with van der Waals surface area (Å²) < 4.78 is 16.6. The van der Waals surface area contributed by atoms with Gasteiger partial charge in [-0.25, -0.2) is 4.79 Å². The molecule has 120 valence electrons. The third-order valence-corrected chi connectivity index (χ3v) is 4.37. The van der Waals surface area contributed by atoms with E-state index in [0.29, 0.717) is 17.1 Å². The van der Waals surface area contributed by atoms with E-state index in [0.717, 1.165) is 16.7 Å². The monoisotopic (exact) mass is 312 g/mol. The minimum absolute atomic E-state index is 0.0234. The summed E-state index contributed by atoms with van der Waals surface area (Å²) in [5.74, 6) is 0.969. The molecule has 1 heterocycles. The second-order valence-corrected chi connectivity index (χ2v) is 5.74. The molecule has 0 aromatic heterocycles. The Hall–Kier alpha value is -2.49. The van der Waals surface area contributed by atoms with Crippen molar-refractivity contribution < 1.29 is 19.0 Å². The first kappa shape index (κ1) is 15.4. The Kier molecular flexibility index (Phi) is 3.99. The van der Waals surface area contributed by atoms with Crippen molar-refractivity contribution in [2.24, 2.45) is 0 Å². The average Bonchev–Trinajstić information content (AvgIpc) is 2.92. The van der Waals surface area contributed by atoms with Gasteiger partial charge in [0.15, 0.2) is 11.5 Å². The maximum absolute atomic E-state index is 12.3. The van der Waals surface area contributed by atoms with E-state index in [9.17, 15) is 4.79 Å². The maximum Gasteiger partial charge on any atom is 0.338 e. The number of carbonyl (C=O) groups excluding carboxylic acids is 1. The highest BCUT2D eigenvalue weighted by molar-refractivity contribution is 5.94. The Morgan fingerprint density at radius 2 is 1.87 bits per heavy atom. The number of aryl methyl sites for hydroxylation is 1. The van der Waals surface area contributed by atoms with E-state index in [1.165, 1.54) is 7.11 Å². The molecule has 4 heteroatoms. The molecule has 0 fully saturated rings. The number of rotatable bonds is 3. The van der Waals surface area contributed by atoms with Crippen molar-refractivity contribution in [1.82, 2.24) is 0 Å². The smallest absolute Gasteiger partial charge is 0.338 e. The molecule has 2 aromatic carbocycles. The number of esters is 1. The van der Waals surface area contributed by atoms with Gasteiger partial charge in [-0.05, 0) is 24.1 Å². The predicted octanol–water partition coefficient (Wildman–Crippen LogP) is 4.03. The van der Waals surface area contributed by atoms with Gasteiger partial charge >= 0.3 is 5.97 Å². The molecule has 1 aliphatic rings. The van der Waals surface area contributed by atoms with Gasteiger partial charge < -0.3 is 14.2 Å². The number of methoxy groups -OCH3 is 2. The predicted molar refractivity (Wildman–Crippen MR) is 87.3 cm³/mol. The lowest BCUT2D eigenvalue weighted by atomic mass is 9.88. The number of hydrogen-bond acceptors (Lipinski definition) is 4. The molecule has 0 radical (unpaired) electrons. The van der Waals surface area contributed by atoms with E-state index < -0.39 is 0 Å². The molecular weight excluding hydrogens is 292 g/mol. The number of carbonyl (C=O) groups is 1. The van der Waals surface area contributed by atoms with Crippen molar-refractivity contribution in [1.29, 1.82) is 0 Å². The van der Waals surface area contributed by atoms with E-state index in [-0.39, 0.29) is 18.0 Å². The molecule has 0 N–H and O–H groups in total. The first-order chi connectivity index (χ1) is 11.1. The van der Waals surface area contributed by atoms with Crippen LogP contribution in [0.2, 0.25) is 0 Å². The Balaban J connectivity index is 2.16. The van der Waals surface area contributed by atoms with Crippen molar-refractivity contribution in [2.45, 2.75) is 25.9 Å². The highest BCUT2D eigenvalue weighted by Crippen LogP contribution is 2.52. The van der Waals surface area contributed by atoms with Gasteiger partial charge in [-0.15, -0.1) is 0 Å². The molecule has 3 rings (SSSR count). The van der Waals surface area contributed by atoms with Crippen molar-refractivity contribution in [3.05, 3.63) is 58.7 Å². The number of hydrogen-bond donors (Lipinski definition) is 0. The molecule has 4 nitrogen and oxygen atoms in total. The van der Waals surface area contributed by atoms with E-state index >= 15 is 0 Å². The van der Waals surface area contributed by atoms with Crippen LogP contribution in [-0.4, -0.2) is 20.2 Å². The Labute approximate surface area is 136 Å². The zero-order chi connectivity index (χ0) is 16.6. The lowest BCUT2D eigenvalue weighted by Gasteiger charge is -2.16. The topological polar surface area (TPSA) is 44.8 Å². The summed E-state index contributed by atoms with van der Waals surface area (Å²) >= 11 is 0. The van der Waals surface area contributed by atoms with Gasteiger partial charge in [-0.2, -0.15) is 0 Å². The zero-order valence-corrected chi connectivity index (χ0v) is 13.8. The van der Waals surface area contributed by atoms with Gasteiger partial charge in [0.05, 0.1) is 19.8 Å². The summed E-state index contributed by atoms with van der Waals surface area (Å²) in [4.78, 5) is 12.3. The standard InChI is InChI=1S/C19H20O4/c1-11-10-14(21-3)18-16(15(11)19(20)22-4)12(2)17(23-18)13-8-6-5-7-9-13/h5-10,12,17H,1-4H3/t12?,17-/m1/s1. The largest absolute Gasteiger partial charge is 0.493 e. The molecule has 0 saturated heterocycles. The Bertz CT molecular complexity index is 737. The lowest BCUT2D eigenvalue weighted by molar-refractivity contribution is 0.0598. The Morgan fingerprint density at radius 3 is 2.48 bits per heavy atom. The molecule has 2 aromatic rings. The van der Waals surface area contributed by atoms with Gasteiger partial charge in [0.2, 0.25) is 0 Å². The summed E-state index contributed by atoms with van der Waals surface area (Å²) in [6.45, 7) is 3.95. The van der Waals surface area contributed by atoms with Crippen LogP contribution < -0.4 is 9.47 Å². The highest BCUT2D eigenvalue weighted by atomic mass is 16.5. The first-order valence-electron chi connectivity index (χ1n) is 7.59. The van der Waals surface area contributed by atoms with Crippen LogP contribution in [0, 0.1) is 6.92 Å². The molecule has 23 heavy (non-hydrogen) atoms. The molecule has 1 aliphatic heterocycles. The van der Waals surface area contributed by atoms with Crippen molar-refractivity contribution in [2.75, 3.05) is 14.2 Å². The minimum atomic E-state index is -0.342. The molecule has 0 saturated carbocycles. The van der Waals surface area contributed by atoms with Crippen LogP contribution in [0.1, 0.15) is 46.0 Å². The van der Waals surface area contributed by atoms with Crippen molar-refractivity contribution >= 4 is 5.97 Å². The van der Waals surface area contributed by atoms with Crippen LogP contribution in [0.25, 0.3) is 0 Å². The van der Waals surface area contributed by atoms with Gasteiger partial charge in [0, 0.05) is 11.5 Å². The van der Waals surface area contributed by atoms with Gasteiger partial charge in [0.25, 0.3) is 0 Å². The summed E-state index contributed by atoms with van der Waals surface area (Å²) in [5.41, 5.74) is 3.35. The highest BCUT2D eigenvalue weighted by Gasteiger charge is 2.39. The fourth-order valence-electron chi connectivity index (χ4n) is 3.25. The van der Waals surface area contributed by atoms with Crippen LogP contribution in [0.5, 0.6) is 11.5 Å². The third kappa shape index (κ3) is 2.44. The van der Waals surface area contributed by atoms with Gasteiger partial charge in [-0.3, -0.25) is 0 Å². The van der Waals surface area contributed by atoms with E-state index in [2.05, 4.69) is 6.92 Å². The zero-order valence-electron chi connectivity index (χ0n) is 13.8. The normalized spacial score (nSPS) is 19.0. The van der Waals surface area contributed by atoms with Crippen LogP contribution in [0.4, 0.5) is 0 Å². The number of ether oxygens (including phenoxy) is 3.